The number of amides is 1. The van der Waals surface area contributed by atoms with E-state index in [0.717, 1.165) is 24.3 Å². The summed E-state index contributed by atoms with van der Waals surface area (Å²) < 4.78 is 0. The summed E-state index contributed by atoms with van der Waals surface area (Å²) in [6.45, 7) is 3.46. The molecule has 0 saturated heterocycles. The van der Waals surface area contributed by atoms with Crippen molar-refractivity contribution >= 4 is 11.7 Å². The Morgan fingerprint density at radius 3 is 2.90 bits per heavy atom. The molecule has 0 aliphatic heterocycles. The van der Waals surface area contributed by atoms with Gasteiger partial charge in [-0.25, -0.2) is 4.98 Å². The molecule has 0 unspecified atom stereocenters. The van der Waals surface area contributed by atoms with Crippen LogP contribution in [0.15, 0.2) is 42.9 Å². The normalized spacial score (nSPS) is 10.2. The lowest BCUT2D eigenvalue weighted by Crippen LogP contribution is -2.26. The van der Waals surface area contributed by atoms with Gasteiger partial charge in [0.05, 0.1) is 0 Å². The van der Waals surface area contributed by atoms with E-state index in [1.54, 1.807) is 42.7 Å². The van der Waals surface area contributed by atoms with E-state index < -0.39 is 0 Å². The van der Waals surface area contributed by atoms with Crippen molar-refractivity contribution in [3.63, 3.8) is 0 Å². The van der Waals surface area contributed by atoms with Gasteiger partial charge >= 0.3 is 0 Å². The van der Waals surface area contributed by atoms with Gasteiger partial charge in [-0.05, 0) is 30.2 Å². The first-order valence-electron chi connectivity index (χ1n) is 7.05. The fraction of sp³-hybridized carbons (Fsp3) is 0.312. The summed E-state index contributed by atoms with van der Waals surface area (Å²) >= 11 is 0. The maximum atomic E-state index is 12.4. The van der Waals surface area contributed by atoms with Crippen LogP contribution in [0.5, 0.6) is 0 Å². The van der Waals surface area contributed by atoms with E-state index in [4.69, 9.17) is 0 Å². The molecule has 5 nitrogen and oxygen atoms in total. The van der Waals surface area contributed by atoms with Crippen molar-refractivity contribution in [2.45, 2.75) is 19.9 Å². The molecule has 0 fully saturated rings. The zero-order valence-corrected chi connectivity index (χ0v) is 12.4. The van der Waals surface area contributed by atoms with Crippen LogP contribution in [-0.2, 0) is 6.54 Å². The van der Waals surface area contributed by atoms with E-state index in [1.165, 1.54) is 0 Å². The third-order valence-electron chi connectivity index (χ3n) is 3.05. The average molecular weight is 284 g/mol. The smallest absolute Gasteiger partial charge is 0.254 e. The molecule has 0 aromatic carbocycles. The van der Waals surface area contributed by atoms with E-state index in [0.29, 0.717) is 12.1 Å². The highest BCUT2D eigenvalue weighted by Crippen LogP contribution is 2.11. The molecule has 0 bridgehead atoms. The van der Waals surface area contributed by atoms with Gasteiger partial charge in [-0.15, -0.1) is 0 Å². The van der Waals surface area contributed by atoms with Gasteiger partial charge in [0.15, 0.2) is 0 Å². The van der Waals surface area contributed by atoms with Crippen LogP contribution < -0.4 is 5.32 Å². The molecular weight excluding hydrogens is 264 g/mol. The zero-order chi connectivity index (χ0) is 15.1. The molecule has 2 heterocycles. The second-order valence-corrected chi connectivity index (χ2v) is 4.88. The quantitative estimate of drug-likeness (QED) is 0.885. The second kappa shape index (κ2) is 7.38. The third-order valence-corrected chi connectivity index (χ3v) is 3.05. The zero-order valence-electron chi connectivity index (χ0n) is 12.4. The van der Waals surface area contributed by atoms with E-state index in [-0.39, 0.29) is 5.91 Å². The summed E-state index contributed by atoms with van der Waals surface area (Å²) in [6.07, 6.45) is 6.16. The number of rotatable bonds is 6. The number of nitrogens with zero attached hydrogens (tertiary/aromatic N) is 3. The van der Waals surface area contributed by atoms with E-state index in [2.05, 4.69) is 22.2 Å². The molecule has 2 rings (SSSR count). The molecule has 1 N–H and O–H groups in total. The van der Waals surface area contributed by atoms with Crippen molar-refractivity contribution in [3.05, 3.63) is 54.0 Å². The summed E-state index contributed by atoms with van der Waals surface area (Å²) in [7, 11) is 1.79. The molecule has 1 amide bonds. The fourth-order valence-electron chi connectivity index (χ4n) is 1.97. The number of pyridine rings is 2. The number of hydrogen-bond donors (Lipinski definition) is 1. The van der Waals surface area contributed by atoms with Crippen LogP contribution >= 0.6 is 0 Å². The highest BCUT2D eigenvalue weighted by molar-refractivity contribution is 5.94. The molecule has 0 aliphatic rings. The second-order valence-electron chi connectivity index (χ2n) is 4.88. The summed E-state index contributed by atoms with van der Waals surface area (Å²) in [5.74, 6) is 0.707. The minimum Gasteiger partial charge on any atom is -0.370 e. The van der Waals surface area contributed by atoms with Gasteiger partial charge in [0.25, 0.3) is 5.91 Å². The highest BCUT2D eigenvalue weighted by atomic mass is 16.2. The molecule has 110 valence electrons. The van der Waals surface area contributed by atoms with Crippen molar-refractivity contribution in [1.82, 2.24) is 14.9 Å². The SMILES string of the molecule is CCCNc1cc(C(=O)N(C)Cc2cccnc2)ccn1. The number of hydrogen-bond acceptors (Lipinski definition) is 4. The van der Waals surface area contributed by atoms with Crippen LogP contribution in [0, 0.1) is 0 Å². The van der Waals surface area contributed by atoms with Crippen molar-refractivity contribution in [2.75, 3.05) is 18.9 Å². The fourth-order valence-corrected chi connectivity index (χ4v) is 1.97. The van der Waals surface area contributed by atoms with Crippen molar-refractivity contribution in [2.24, 2.45) is 0 Å². The largest absolute Gasteiger partial charge is 0.370 e. The predicted octanol–water partition coefficient (Wildman–Crippen LogP) is 2.57. The van der Waals surface area contributed by atoms with Crippen LogP contribution in [-0.4, -0.2) is 34.4 Å². The molecule has 0 saturated carbocycles. The van der Waals surface area contributed by atoms with Gasteiger partial charge in [-0.3, -0.25) is 9.78 Å². The van der Waals surface area contributed by atoms with E-state index in [1.807, 2.05) is 12.1 Å². The van der Waals surface area contributed by atoms with Gasteiger partial charge in [-0.2, -0.15) is 0 Å². The molecule has 0 spiro atoms. The van der Waals surface area contributed by atoms with Crippen molar-refractivity contribution in [3.8, 4) is 0 Å². The first kappa shape index (κ1) is 15.0. The molecule has 5 heteroatoms. The maximum absolute atomic E-state index is 12.4. The number of carbonyl (C=O) groups excluding carboxylic acids is 1. The Bertz CT molecular complexity index is 586. The van der Waals surface area contributed by atoms with Crippen LogP contribution in [0.25, 0.3) is 0 Å². The molecule has 0 atom stereocenters. The van der Waals surface area contributed by atoms with Crippen LogP contribution in [0.2, 0.25) is 0 Å². The van der Waals surface area contributed by atoms with Gasteiger partial charge < -0.3 is 10.2 Å². The first-order valence-corrected chi connectivity index (χ1v) is 7.05. The standard InChI is InChI=1S/C16H20N4O/c1-3-7-18-15-10-14(6-9-19-15)16(21)20(2)12-13-5-4-8-17-11-13/h4-6,8-11H,3,7,12H2,1-2H3,(H,18,19). The average Bonchev–Trinajstić information content (AvgIpc) is 2.53. The number of carbonyl (C=O) groups is 1. The molecule has 0 radical (unpaired) electrons. The van der Waals surface area contributed by atoms with E-state index >= 15 is 0 Å². The summed E-state index contributed by atoms with van der Waals surface area (Å²) in [4.78, 5) is 22.4. The summed E-state index contributed by atoms with van der Waals surface area (Å²) in [5, 5.41) is 3.19. The van der Waals surface area contributed by atoms with Crippen molar-refractivity contribution < 1.29 is 4.79 Å². The minimum atomic E-state index is -0.0270. The Hall–Kier alpha value is -2.43. The first-order chi connectivity index (χ1) is 10.2. The number of aromatic nitrogens is 2. The Morgan fingerprint density at radius 1 is 1.33 bits per heavy atom. The summed E-state index contributed by atoms with van der Waals surface area (Å²) in [5.41, 5.74) is 1.64. The topological polar surface area (TPSA) is 58.1 Å². The lowest BCUT2D eigenvalue weighted by molar-refractivity contribution is 0.0785. The van der Waals surface area contributed by atoms with Crippen LogP contribution in [0.1, 0.15) is 29.3 Å². The van der Waals surface area contributed by atoms with Gasteiger partial charge in [0, 0.05) is 44.3 Å². The maximum Gasteiger partial charge on any atom is 0.254 e. The number of nitrogens with one attached hydrogen (secondary N) is 1. The molecule has 2 aromatic rings. The third kappa shape index (κ3) is 4.27. The summed E-state index contributed by atoms with van der Waals surface area (Å²) in [6, 6.07) is 7.35. The van der Waals surface area contributed by atoms with Crippen LogP contribution in [0.4, 0.5) is 5.82 Å². The Morgan fingerprint density at radius 2 is 2.19 bits per heavy atom. The Balaban J connectivity index is 2.05. The Kier molecular flexibility index (Phi) is 5.26. The van der Waals surface area contributed by atoms with Crippen LogP contribution in [0.3, 0.4) is 0 Å². The minimum absolute atomic E-state index is 0.0270. The lowest BCUT2D eigenvalue weighted by atomic mass is 10.2. The molecule has 2 aromatic heterocycles. The molecule has 0 aliphatic carbocycles. The highest BCUT2D eigenvalue weighted by Gasteiger charge is 2.12. The van der Waals surface area contributed by atoms with Crippen molar-refractivity contribution in [1.29, 1.82) is 0 Å². The van der Waals surface area contributed by atoms with Gasteiger partial charge in [0.1, 0.15) is 5.82 Å². The van der Waals surface area contributed by atoms with Gasteiger partial charge in [0.2, 0.25) is 0 Å². The van der Waals surface area contributed by atoms with Gasteiger partial charge in [-0.1, -0.05) is 13.0 Å². The monoisotopic (exact) mass is 284 g/mol. The molecular formula is C16H20N4O. The Labute approximate surface area is 125 Å². The molecule has 21 heavy (non-hydrogen) atoms. The predicted molar refractivity (Wildman–Crippen MR) is 83.1 cm³/mol. The lowest BCUT2D eigenvalue weighted by Gasteiger charge is -2.17. The van der Waals surface area contributed by atoms with E-state index in [9.17, 15) is 4.79 Å². The number of anilines is 1.